The zero-order valence-electron chi connectivity index (χ0n) is 12.9. The minimum atomic E-state index is -4.54. The van der Waals surface area contributed by atoms with Crippen molar-refractivity contribution >= 4 is 10.1 Å². The van der Waals surface area contributed by atoms with Crippen LogP contribution >= 0.6 is 0 Å². The summed E-state index contributed by atoms with van der Waals surface area (Å²) in [4.78, 5) is 11.1. The summed E-state index contributed by atoms with van der Waals surface area (Å²) in [5.41, 5.74) is 2.17. The maximum Gasteiger partial charge on any atom is 0.205 e. The molecule has 124 valence electrons. The summed E-state index contributed by atoms with van der Waals surface area (Å²) < 4.78 is 37.8. The first-order valence-corrected chi connectivity index (χ1v) is 8.97. The summed E-state index contributed by atoms with van der Waals surface area (Å²) in [7, 11) is -4.54. The average molecular weight is 336 g/mol. The highest BCUT2D eigenvalue weighted by Gasteiger charge is 2.20. The summed E-state index contributed by atoms with van der Waals surface area (Å²) in [6.45, 7) is 4.04. The Hall–Kier alpha value is -1.77. The van der Waals surface area contributed by atoms with Gasteiger partial charge >= 0.3 is 0 Å². The summed E-state index contributed by atoms with van der Waals surface area (Å²) in [6.07, 6.45) is 4.60. The van der Waals surface area contributed by atoms with Gasteiger partial charge < -0.3 is 8.97 Å². The van der Waals surface area contributed by atoms with Crippen molar-refractivity contribution in [3.63, 3.8) is 0 Å². The van der Waals surface area contributed by atoms with Crippen LogP contribution in [0, 0.1) is 0 Å². The third-order valence-corrected chi connectivity index (χ3v) is 4.51. The number of hydrogen-bond acceptors (Lipinski definition) is 7. The lowest BCUT2D eigenvalue weighted by Gasteiger charge is -2.27. The van der Waals surface area contributed by atoms with Gasteiger partial charge in [-0.25, -0.2) is 18.4 Å². The van der Waals surface area contributed by atoms with Crippen molar-refractivity contribution in [2.45, 2.75) is 44.4 Å². The highest BCUT2D eigenvalue weighted by atomic mass is 32.2. The van der Waals surface area contributed by atoms with Crippen molar-refractivity contribution in [2.75, 3.05) is 6.54 Å². The number of aryl methyl sites for hydroxylation is 1. The lowest BCUT2D eigenvalue weighted by atomic mass is 10.1. The number of nitrogens with zero attached hydrogens (tertiary/aromatic N) is 3. The summed E-state index contributed by atoms with van der Waals surface area (Å²) >= 11 is 0. The SMILES string of the molecule is CCCc1ncc2c(n1)CCN(Cc1ccc(S(=O)(=O)[O-])o1)C2. The number of fused-ring (bicyclic) bond motifs is 1. The molecule has 0 unspecified atom stereocenters. The fraction of sp³-hybridized carbons (Fsp3) is 0.467. The smallest absolute Gasteiger partial charge is 0.205 e. The predicted molar refractivity (Wildman–Crippen MR) is 80.5 cm³/mol. The van der Waals surface area contributed by atoms with E-state index in [0.717, 1.165) is 42.9 Å². The fourth-order valence-corrected chi connectivity index (χ4v) is 3.14. The largest absolute Gasteiger partial charge is 0.742 e. The minimum Gasteiger partial charge on any atom is -0.742 e. The molecule has 1 aliphatic heterocycles. The Morgan fingerprint density at radius 1 is 1.39 bits per heavy atom. The van der Waals surface area contributed by atoms with Crippen LogP contribution in [0.5, 0.6) is 0 Å². The van der Waals surface area contributed by atoms with Crippen LogP contribution in [0.1, 0.15) is 36.2 Å². The maximum absolute atomic E-state index is 10.9. The molecule has 0 saturated heterocycles. The van der Waals surface area contributed by atoms with Crippen LogP contribution in [-0.2, 0) is 36.0 Å². The highest BCUT2D eigenvalue weighted by Crippen LogP contribution is 2.21. The Labute approximate surface area is 135 Å². The third kappa shape index (κ3) is 3.77. The van der Waals surface area contributed by atoms with Crippen LogP contribution in [0.25, 0.3) is 0 Å². The summed E-state index contributed by atoms with van der Waals surface area (Å²) in [5, 5.41) is -0.530. The van der Waals surface area contributed by atoms with E-state index in [-0.39, 0.29) is 0 Å². The second-order valence-corrected chi connectivity index (χ2v) is 6.95. The molecule has 3 rings (SSSR count). The molecule has 2 aromatic rings. The van der Waals surface area contributed by atoms with Gasteiger partial charge in [0, 0.05) is 43.4 Å². The molecule has 7 nitrogen and oxygen atoms in total. The number of rotatable bonds is 5. The molecule has 0 spiro atoms. The molecule has 0 radical (unpaired) electrons. The van der Waals surface area contributed by atoms with Gasteiger partial charge in [0.15, 0.2) is 10.1 Å². The van der Waals surface area contributed by atoms with Gasteiger partial charge in [0.2, 0.25) is 5.09 Å². The first-order valence-electron chi connectivity index (χ1n) is 7.56. The molecule has 0 N–H and O–H groups in total. The molecule has 0 bridgehead atoms. The van der Waals surface area contributed by atoms with Crippen LogP contribution in [0.2, 0.25) is 0 Å². The zero-order valence-corrected chi connectivity index (χ0v) is 13.7. The molecule has 1 aliphatic rings. The summed E-state index contributed by atoms with van der Waals surface area (Å²) in [6, 6.07) is 2.73. The normalized spacial score (nSPS) is 15.6. The van der Waals surface area contributed by atoms with E-state index in [1.165, 1.54) is 12.1 Å². The van der Waals surface area contributed by atoms with E-state index in [1.807, 2.05) is 6.20 Å². The second-order valence-electron chi connectivity index (χ2n) is 5.64. The second kappa shape index (κ2) is 6.38. The molecular formula is C15H18N3O4S-. The van der Waals surface area contributed by atoms with E-state index < -0.39 is 15.2 Å². The Balaban J connectivity index is 1.69. The first kappa shape index (κ1) is 16.1. The molecule has 8 heteroatoms. The van der Waals surface area contributed by atoms with Crippen molar-refractivity contribution in [3.8, 4) is 0 Å². The molecule has 0 aromatic carbocycles. The van der Waals surface area contributed by atoms with Gasteiger partial charge in [-0.2, -0.15) is 0 Å². The van der Waals surface area contributed by atoms with Crippen molar-refractivity contribution in [1.29, 1.82) is 0 Å². The molecule has 0 atom stereocenters. The lowest BCUT2D eigenvalue weighted by Crippen LogP contribution is -2.31. The van der Waals surface area contributed by atoms with Crippen LogP contribution in [0.3, 0.4) is 0 Å². The van der Waals surface area contributed by atoms with Crippen LogP contribution in [0.4, 0.5) is 0 Å². The van der Waals surface area contributed by atoms with Crippen LogP contribution in [-0.4, -0.2) is 34.4 Å². The van der Waals surface area contributed by atoms with Gasteiger partial charge in [-0.1, -0.05) is 6.92 Å². The Morgan fingerprint density at radius 3 is 2.91 bits per heavy atom. The molecule has 0 fully saturated rings. The maximum atomic E-state index is 10.9. The van der Waals surface area contributed by atoms with E-state index in [0.29, 0.717) is 18.8 Å². The third-order valence-electron chi connectivity index (χ3n) is 3.80. The van der Waals surface area contributed by atoms with E-state index in [1.54, 1.807) is 0 Å². The highest BCUT2D eigenvalue weighted by molar-refractivity contribution is 7.85. The number of aromatic nitrogens is 2. The Morgan fingerprint density at radius 2 is 2.22 bits per heavy atom. The molecule has 3 heterocycles. The average Bonchev–Trinajstić information content (AvgIpc) is 2.96. The quantitative estimate of drug-likeness (QED) is 0.762. The fourth-order valence-electron chi connectivity index (χ4n) is 2.69. The van der Waals surface area contributed by atoms with Crippen LogP contribution < -0.4 is 0 Å². The molecule has 0 amide bonds. The molecule has 0 aliphatic carbocycles. The van der Waals surface area contributed by atoms with Crippen LogP contribution in [0.15, 0.2) is 27.8 Å². The van der Waals surface area contributed by atoms with Gasteiger partial charge in [0.25, 0.3) is 0 Å². The Kier molecular flexibility index (Phi) is 4.47. The molecular weight excluding hydrogens is 318 g/mol. The number of furan rings is 1. The van der Waals surface area contributed by atoms with Gasteiger partial charge in [0.1, 0.15) is 11.6 Å². The zero-order chi connectivity index (χ0) is 16.4. The topological polar surface area (TPSA) is 99.4 Å². The van der Waals surface area contributed by atoms with Crippen molar-refractivity contribution in [2.24, 2.45) is 0 Å². The van der Waals surface area contributed by atoms with Gasteiger partial charge in [-0.3, -0.25) is 4.90 Å². The predicted octanol–water partition coefficient (Wildman–Crippen LogP) is 1.48. The van der Waals surface area contributed by atoms with Crippen molar-refractivity contribution in [3.05, 3.63) is 41.2 Å². The summed E-state index contributed by atoms with van der Waals surface area (Å²) in [5.74, 6) is 1.35. The lowest BCUT2D eigenvalue weighted by molar-refractivity contribution is 0.216. The monoisotopic (exact) mass is 336 g/mol. The number of hydrogen-bond donors (Lipinski definition) is 0. The first-order chi connectivity index (χ1) is 11.0. The van der Waals surface area contributed by atoms with Crippen molar-refractivity contribution < 1.29 is 17.4 Å². The Bertz CT molecular complexity index is 801. The van der Waals surface area contributed by atoms with E-state index in [4.69, 9.17) is 4.42 Å². The standard InChI is InChI=1S/C15H19N3O4S/c1-2-3-14-16-8-11-9-18(7-6-13(11)17-14)10-12-4-5-15(22-12)23(19,20)21/h4-5,8H,2-3,6-7,9-10H2,1H3,(H,19,20,21)/p-1. The van der Waals surface area contributed by atoms with Gasteiger partial charge in [-0.15, -0.1) is 0 Å². The van der Waals surface area contributed by atoms with Gasteiger partial charge in [-0.05, 0) is 18.6 Å². The minimum absolute atomic E-state index is 0.450. The molecule has 2 aromatic heterocycles. The molecule has 0 saturated carbocycles. The van der Waals surface area contributed by atoms with E-state index >= 15 is 0 Å². The van der Waals surface area contributed by atoms with Crippen molar-refractivity contribution in [1.82, 2.24) is 14.9 Å². The molecule has 23 heavy (non-hydrogen) atoms. The van der Waals surface area contributed by atoms with E-state index in [9.17, 15) is 13.0 Å². The van der Waals surface area contributed by atoms with E-state index in [2.05, 4.69) is 21.8 Å². The van der Waals surface area contributed by atoms with Gasteiger partial charge in [0.05, 0.1) is 6.54 Å².